The highest BCUT2D eigenvalue weighted by molar-refractivity contribution is 7.99. The van der Waals surface area contributed by atoms with Crippen LogP contribution in [0.15, 0.2) is 64.8 Å². The summed E-state index contributed by atoms with van der Waals surface area (Å²) in [5, 5.41) is 0.888. The SMILES string of the molecule is CCn1c(-c2ccc3c(c2)OCCO3)cnc1SCCCS(=O)(=O)c1ccccc1. The van der Waals surface area contributed by atoms with Crippen molar-refractivity contribution in [2.24, 2.45) is 0 Å². The van der Waals surface area contributed by atoms with Gasteiger partial charge in [0.05, 0.1) is 22.5 Å². The minimum atomic E-state index is -3.24. The van der Waals surface area contributed by atoms with Crippen LogP contribution < -0.4 is 9.47 Å². The zero-order chi connectivity index (χ0) is 21.0. The largest absolute Gasteiger partial charge is 0.486 e. The Balaban J connectivity index is 1.42. The summed E-state index contributed by atoms with van der Waals surface area (Å²) in [7, 11) is -3.24. The van der Waals surface area contributed by atoms with Gasteiger partial charge in [-0.05, 0) is 43.7 Å². The summed E-state index contributed by atoms with van der Waals surface area (Å²) in [6.45, 7) is 3.97. The van der Waals surface area contributed by atoms with Crippen LogP contribution in [-0.4, -0.2) is 42.7 Å². The molecule has 0 radical (unpaired) electrons. The highest BCUT2D eigenvalue weighted by atomic mass is 32.2. The molecular weight excluding hydrogens is 420 g/mol. The van der Waals surface area contributed by atoms with E-state index < -0.39 is 9.84 Å². The van der Waals surface area contributed by atoms with E-state index in [0.717, 1.165) is 34.5 Å². The van der Waals surface area contributed by atoms with Crippen LogP contribution >= 0.6 is 11.8 Å². The van der Waals surface area contributed by atoms with Crippen LogP contribution in [0.3, 0.4) is 0 Å². The monoisotopic (exact) mass is 444 g/mol. The van der Waals surface area contributed by atoms with Crippen LogP contribution in [0.4, 0.5) is 0 Å². The normalized spacial score (nSPS) is 13.4. The molecule has 0 unspecified atom stereocenters. The van der Waals surface area contributed by atoms with Crippen molar-refractivity contribution in [1.29, 1.82) is 0 Å². The lowest BCUT2D eigenvalue weighted by atomic mass is 10.1. The van der Waals surface area contributed by atoms with Crippen LogP contribution in [0.25, 0.3) is 11.3 Å². The molecule has 30 heavy (non-hydrogen) atoms. The van der Waals surface area contributed by atoms with E-state index in [0.29, 0.717) is 30.3 Å². The fraction of sp³-hybridized carbons (Fsp3) is 0.318. The fourth-order valence-corrected chi connectivity index (χ4v) is 5.87. The van der Waals surface area contributed by atoms with Crippen LogP contribution in [0.1, 0.15) is 13.3 Å². The number of rotatable bonds is 8. The van der Waals surface area contributed by atoms with Crippen molar-refractivity contribution < 1.29 is 17.9 Å². The summed E-state index contributed by atoms with van der Waals surface area (Å²) in [6, 6.07) is 14.5. The number of imidazole rings is 1. The summed E-state index contributed by atoms with van der Waals surface area (Å²) < 4.78 is 38.3. The van der Waals surface area contributed by atoms with Crippen LogP contribution in [0.5, 0.6) is 11.5 Å². The molecule has 1 aliphatic rings. The molecule has 2 aromatic carbocycles. The molecule has 0 spiro atoms. The first kappa shape index (κ1) is 20.8. The Morgan fingerprint density at radius 2 is 1.83 bits per heavy atom. The van der Waals surface area contributed by atoms with Crippen LogP contribution in [0, 0.1) is 0 Å². The lowest BCUT2D eigenvalue weighted by Gasteiger charge is -2.19. The molecule has 6 nitrogen and oxygen atoms in total. The van der Waals surface area contributed by atoms with Crippen molar-refractivity contribution in [2.75, 3.05) is 24.7 Å². The number of fused-ring (bicyclic) bond motifs is 1. The average molecular weight is 445 g/mol. The van der Waals surface area contributed by atoms with Gasteiger partial charge < -0.3 is 14.0 Å². The first-order valence-electron chi connectivity index (χ1n) is 9.94. The third-order valence-electron chi connectivity index (χ3n) is 4.86. The zero-order valence-corrected chi connectivity index (χ0v) is 18.4. The van der Waals surface area contributed by atoms with Gasteiger partial charge in [0.2, 0.25) is 0 Å². The van der Waals surface area contributed by atoms with E-state index in [1.165, 1.54) is 0 Å². The number of sulfone groups is 1. The fourth-order valence-electron chi connectivity index (χ4n) is 3.37. The number of ether oxygens (including phenoxy) is 2. The maximum absolute atomic E-state index is 12.4. The molecular formula is C22H24N2O4S2. The molecule has 158 valence electrons. The van der Waals surface area contributed by atoms with Crippen LogP contribution in [0.2, 0.25) is 0 Å². The van der Waals surface area contributed by atoms with Gasteiger partial charge in [0.1, 0.15) is 13.2 Å². The Morgan fingerprint density at radius 3 is 2.60 bits per heavy atom. The minimum Gasteiger partial charge on any atom is -0.486 e. The van der Waals surface area contributed by atoms with E-state index in [2.05, 4.69) is 16.5 Å². The Labute approximate surface area is 181 Å². The van der Waals surface area contributed by atoms with E-state index in [-0.39, 0.29) is 5.75 Å². The summed E-state index contributed by atoms with van der Waals surface area (Å²) >= 11 is 1.58. The summed E-state index contributed by atoms with van der Waals surface area (Å²) in [6.07, 6.45) is 2.43. The number of benzene rings is 2. The second kappa shape index (κ2) is 9.14. The Bertz CT molecular complexity index is 1110. The molecule has 0 saturated heterocycles. The second-order valence-corrected chi connectivity index (χ2v) is 10.0. The van der Waals surface area contributed by atoms with Crippen molar-refractivity contribution >= 4 is 21.6 Å². The number of aromatic nitrogens is 2. The molecule has 4 rings (SSSR count). The number of nitrogens with zero attached hydrogens (tertiary/aromatic N) is 2. The summed E-state index contributed by atoms with van der Waals surface area (Å²) in [5.74, 6) is 2.33. The highest BCUT2D eigenvalue weighted by Crippen LogP contribution is 2.35. The molecule has 2 heterocycles. The number of thioether (sulfide) groups is 1. The predicted molar refractivity (Wildman–Crippen MR) is 118 cm³/mol. The van der Waals surface area contributed by atoms with Crippen molar-refractivity contribution in [3.63, 3.8) is 0 Å². The standard InChI is InChI=1S/C22H24N2O4S2/c1-2-24-19(17-9-10-20-21(15-17)28-12-11-27-20)16-23-22(24)29-13-6-14-30(25,26)18-7-4-3-5-8-18/h3-5,7-10,15-16H,2,6,11-14H2,1H3. The Kier molecular flexibility index (Phi) is 6.34. The first-order chi connectivity index (χ1) is 14.6. The Hall–Kier alpha value is -2.45. The predicted octanol–water partition coefficient (Wildman–Crippen LogP) is 4.30. The maximum Gasteiger partial charge on any atom is 0.178 e. The molecule has 3 aromatic rings. The van der Waals surface area contributed by atoms with Gasteiger partial charge in [-0.1, -0.05) is 30.0 Å². The van der Waals surface area contributed by atoms with Gasteiger partial charge in [-0.2, -0.15) is 0 Å². The van der Waals surface area contributed by atoms with Gasteiger partial charge in [0, 0.05) is 17.9 Å². The van der Waals surface area contributed by atoms with Crippen LogP contribution in [-0.2, 0) is 16.4 Å². The quantitative estimate of drug-likeness (QED) is 0.381. The second-order valence-electron chi connectivity index (χ2n) is 6.86. The van der Waals surface area contributed by atoms with Crippen molar-refractivity contribution in [3.05, 3.63) is 54.7 Å². The van der Waals surface area contributed by atoms with E-state index in [9.17, 15) is 8.42 Å². The first-order valence-corrected chi connectivity index (χ1v) is 12.6. The van der Waals surface area contributed by atoms with Gasteiger partial charge in [-0.25, -0.2) is 13.4 Å². The summed E-state index contributed by atoms with van der Waals surface area (Å²) in [5.41, 5.74) is 2.03. The average Bonchev–Trinajstić information content (AvgIpc) is 3.20. The molecule has 0 bridgehead atoms. The highest BCUT2D eigenvalue weighted by Gasteiger charge is 2.17. The van der Waals surface area contributed by atoms with E-state index in [1.807, 2.05) is 30.5 Å². The molecule has 0 amide bonds. The van der Waals surface area contributed by atoms with Crippen molar-refractivity contribution in [2.45, 2.75) is 29.9 Å². The van der Waals surface area contributed by atoms with E-state index in [4.69, 9.17) is 9.47 Å². The van der Waals surface area contributed by atoms with Crippen molar-refractivity contribution in [3.8, 4) is 22.8 Å². The van der Waals surface area contributed by atoms with Gasteiger partial charge in [-0.15, -0.1) is 0 Å². The van der Waals surface area contributed by atoms with Gasteiger partial charge in [0.15, 0.2) is 26.5 Å². The molecule has 1 aliphatic heterocycles. The van der Waals surface area contributed by atoms with Gasteiger partial charge in [-0.3, -0.25) is 0 Å². The van der Waals surface area contributed by atoms with E-state index >= 15 is 0 Å². The number of hydrogen-bond acceptors (Lipinski definition) is 6. The van der Waals surface area contributed by atoms with Gasteiger partial charge >= 0.3 is 0 Å². The molecule has 0 fully saturated rings. The zero-order valence-electron chi connectivity index (χ0n) is 16.8. The lowest BCUT2D eigenvalue weighted by Crippen LogP contribution is -2.15. The Morgan fingerprint density at radius 1 is 1.07 bits per heavy atom. The smallest absolute Gasteiger partial charge is 0.178 e. The third kappa shape index (κ3) is 4.49. The lowest BCUT2D eigenvalue weighted by molar-refractivity contribution is 0.171. The molecule has 0 N–H and O–H groups in total. The van der Waals surface area contributed by atoms with Gasteiger partial charge in [0.25, 0.3) is 0 Å². The summed E-state index contributed by atoms with van der Waals surface area (Å²) in [4.78, 5) is 4.95. The maximum atomic E-state index is 12.4. The topological polar surface area (TPSA) is 70.4 Å². The van der Waals surface area contributed by atoms with E-state index in [1.54, 1.807) is 36.0 Å². The number of hydrogen-bond donors (Lipinski definition) is 0. The molecule has 0 saturated carbocycles. The molecule has 1 aromatic heterocycles. The molecule has 0 aliphatic carbocycles. The molecule has 8 heteroatoms. The minimum absolute atomic E-state index is 0.131. The van der Waals surface area contributed by atoms with Crippen molar-refractivity contribution in [1.82, 2.24) is 9.55 Å². The molecule has 0 atom stereocenters. The third-order valence-corrected chi connectivity index (χ3v) is 7.76.